The van der Waals surface area contributed by atoms with Gasteiger partial charge < -0.3 is 19.1 Å². The van der Waals surface area contributed by atoms with Gasteiger partial charge in [-0.25, -0.2) is 4.39 Å². The molecule has 0 spiro atoms. The molecule has 0 radical (unpaired) electrons. The number of hydrogen-bond acceptors (Lipinski definition) is 8. The van der Waals surface area contributed by atoms with E-state index in [1.807, 2.05) is 24.3 Å². The number of carbonyl (C=O) groups excluding carboxylic acids is 1. The summed E-state index contributed by atoms with van der Waals surface area (Å²) in [5.74, 6) is 4.46. The van der Waals surface area contributed by atoms with Crippen molar-refractivity contribution in [1.29, 1.82) is 5.26 Å². The van der Waals surface area contributed by atoms with Crippen LogP contribution in [0.4, 0.5) is 4.39 Å². The topological polar surface area (TPSA) is 116 Å². The van der Waals surface area contributed by atoms with E-state index in [1.54, 1.807) is 36.4 Å². The van der Waals surface area contributed by atoms with Gasteiger partial charge >= 0.3 is 5.97 Å². The first-order valence-electron chi connectivity index (χ1n) is 10.6. The van der Waals surface area contributed by atoms with Crippen LogP contribution in [0.3, 0.4) is 0 Å². The molecule has 1 unspecified atom stereocenters. The molecule has 0 heterocycles. The summed E-state index contributed by atoms with van der Waals surface area (Å²) < 4.78 is 24.8. The van der Waals surface area contributed by atoms with Gasteiger partial charge in [-0.05, 0) is 59.7 Å². The Morgan fingerprint density at radius 2 is 1.63 bits per heavy atom. The molecule has 0 aliphatic rings. The van der Waals surface area contributed by atoms with Crippen LogP contribution < -0.4 is 15.4 Å². The number of nitrogens with two attached hydrogens (primary N) is 1. The Labute approximate surface area is 202 Å². The highest BCUT2D eigenvalue weighted by Crippen LogP contribution is 2.23. The van der Waals surface area contributed by atoms with Crippen molar-refractivity contribution in [3.63, 3.8) is 0 Å². The number of oxime groups is 1. The fraction of sp³-hybridized carbons (Fsp3) is 0.192. The van der Waals surface area contributed by atoms with Crippen molar-refractivity contribution in [1.82, 2.24) is 0 Å². The maximum Gasteiger partial charge on any atom is 0.326 e. The molecule has 0 aliphatic heterocycles. The average Bonchev–Trinajstić information content (AvgIpc) is 2.90. The van der Waals surface area contributed by atoms with E-state index in [1.165, 1.54) is 19.2 Å². The van der Waals surface area contributed by atoms with E-state index in [-0.39, 0.29) is 18.8 Å². The van der Waals surface area contributed by atoms with Crippen molar-refractivity contribution in [3.05, 3.63) is 95.3 Å². The predicted octanol–water partition coefficient (Wildman–Crippen LogP) is 4.25. The lowest BCUT2D eigenvalue weighted by molar-refractivity contribution is -0.144. The van der Waals surface area contributed by atoms with E-state index in [0.29, 0.717) is 34.9 Å². The van der Waals surface area contributed by atoms with Crippen molar-refractivity contribution < 1.29 is 28.3 Å². The van der Waals surface area contributed by atoms with Crippen LogP contribution in [-0.4, -0.2) is 25.4 Å². The van der Waals surface area contributed by atoms with Crippen LogP contribution >= 0.6 is 0 Å². The van der Waals surface area contributed by atoms with E-state index in [4.69, 9.17) is 20.2 Å². The molecule has 0 bridgehead atoms. The summed E-state index contributed by atoms with van der Waals surface area (Å²) >= 11 is 0. The monoisotopic (exact) mass is 477 g/mol. The molecule has 2 N–H and O–H groups in total. The summed E-state index contributed by atoms with van der Waals surface area (Å²) in [6, 6.07) is 22.3. The van der Waals surface area contributed by atoms with E-state index >= 15 is 0 Å². The van der Waals surface area contributed by atoms with Gasteiger partial charge in [0.2, 0.25) is 0 Å². The Hall–Kier alpha value is -4.42. The largest absolute Gasteiger partial charge is 0.489 e. The molecule has 3 aromatic carbocycles. The van der Waals surface area contributed by atoms with Crippen molar-refractivity contribution in [2.24, 2.45) is 11.1 Å². The average molecular weight is 477 g/mol. The minimum atomic E-state index is -0.651. The third-order valence-electron chi connectivity index (χ3n) is 5.02. The Bertz CT molecular complexity index is 1170. The molecule has 3 rings (SSSR count). The third-order valence-corrected chi connectivity index (χ3v) is 5.02. The smallest absolute Gasteiger partial charge is 0.326 e. The Balaban J connectivity index is 1.53. The number of nitrogens with zero attached hydrogens (tertiary/aromatic N) is 2. The third kappa shape index (κ3) is 7.55. The number of carbonyl (C=O) groups is 1. The first-order valence-corrected chi connectivity index (χ1v) is 10.6. The van der Waals surface area contributed by atoms with E-state index in [2.05, 4.69) is 16.1 Å². The van der Waals surface area contributed by atoms with Crippen LogP contribution in [0.25, 0.3) is 0 Å². The van der Waals surface area contributed by atoms with Crippen molar-refractivity contribution in [3.8, 4) is 17.6 Å². The van der Waals surface area contributed by atoms with Crippen molar-refractivity contribution >= 4 is 11.7 Å². The van der Waals surface area contributed by atoms with E-state index < -0.39 is 11.9 Å². The molecule has 0 saturated heterocycles. The van der Waals surface area contributed by atoms with E-state index in [9.17, 15) is 14.4 Å². The number of ether oxygens (including phenoxy) is 2. The summed E-state index contributed by atoms with van der Waals surface area (Å²) in [5.41, 5.74) is 2.82. The van der Waals surface area contributed by atoms with Crippen LogP contribution in [0.1, 0.15) is 29.0 Å². The lowest BCUT2D eigenvalue weighted by Gasteiger charge is -2.11. The number of nitriles is 1. The predicted molar refractivity (Wildman–Crippen MR) is 126 cm³/mol. The summed E-state index contributed by atoms with van der Waals surface area (Å²) in [6.45, 7) is 0.473. The van der Waals surface area contributed by atoms with Crippen molar-refractivity contribution in [2.75, 3.05) is 13.7 Å². The van der Waals surface area contributed by atoms with Crippen LogP contribution in [-0.2, 0) is 21.1 Å². The minimum Gasteiger partial charge on any atom is -0.489 e. The van der Waals surface area contributed by atoms with Crippen LogP contribution in [0, 0.1) is 17.1 Å². The van der Waals surface area contributed by atoms with Gasteiger partial charge in [-0.1, -0.05) is 29.4 Å². The summed E-state index contributed by atoms with van der Waals surface area (Å²) in [7, 11) is 1.44. The molecule has 9 heteroatoms. The SMILES string of the molecule is CO/N=C(\COc1ccc(COc2ccc(C(C#N)CC(=O)ON)cc2)cc1)c1ccc(F)cc1. The standard InChI is InChI=1S/C26H24FN3O5/c1-32-30-25(20-4-8-22(27)9-5-20)17-34-23-10-2-18(3-11-23)16-33-24-12-6-19(7-13-24)21(15-28)14-26(31)35-29/h2-13,21H,14,16-17,29H2,1H3/b30-25+. The molecule has 0 aliphatic carbocycles. The van der Waals surface area contributed by atoms with Gasteiger partial charge in [0.05, 0.1) is 18.4 Å². The zero-order chi connectivity index (χ0) is 25.0. The maximum absolute atomic E-state index is 13.2. The zero-order valence-electron chi connectivity index (χ0n) is 19.0. The maximum atomic E-state index is 13.2. The first kappa shape index (κ1) is 25.2. The second kappa shape index (κ2) is 12.7. The summed E-state index contributed by atoms with van der Waals surface area (Å²) in [6.07, 6.45) is -0.121. The number of hydrogen-bond donors (Lipinski definition) is 1. The molecule has 0 amide bonds. The van der Waals surface area contributed by atoms with Gasteiger partial charge in [-0.2, -0.15) is 11.2 Å². The van der Waals surface area contributed by atoms with Gasteiger partial charge in [-0.3, -0.25) is 4.79 Å². The van der Waals surface area contributed by atoms with Crippen LogP contribution in [0.15, 0.2) is 78.0 Å². The Kier molecular flexibility index (Phi) is 9.16. The fourth-order valence-corrected chi connectivity index (χ4v) is 3.16. The highest BCUT2D eigenvalue weighted by atomic mass is 19.1. The second-order valence-corrected chi connectivity index (χ2v) is 7.39. The molecular formula is C26H24FN3O5. The molecule has 0 saturated carbocycles. The first-order chi connectivity index (χ1) is 17.0. The molecule has 35 heavy (non-hydrogen) atoms. The normalized spacial score (nSPS) is 11.8. The van der Waals surface area contributed by atoms with Gasteiger partial charge in [0.25, 0.3) is 0 Å². The highest BCUT2D eigenvalue weighted by Gasteiger charge is 2.16. The number of benzene rings is 3. The molecule has 8 nitrogen and oxygen atoms in total. The Morgan fingerprint density at radius 1 is 1.00 bits per heavy atom. The van der Waals surface area contributed by atoms with Gasteiger partial charge in [-0.15, -0.1) is 0 Å². The van der Waals surface area contributed by atoms with Crippen LogP contribution in [0.2, 0.25) is 0 Å². The van der Waals surface area contributed by atoms with Crippen LogP contribution in [0.5, 0.6) is 11.5 Å². The molecule has 0 fully saturated rings. The zero-order valence-corrected chi connectivity index (χ0v) is 19.0. The van der Waals surface area contributed by atoms with Crippen molar-refractivity contribution in [2.45, 2.75) is 18.9 Å². The second-order valence-electron chi connectivity index (χ2n) is 7.39. The summed E-state index contributed by atoms with van der Waals surface area (Å²) in [4.78, 5) is 20.3. The number of halogens is 1. The van der Waals surface area contributed by atoms with Gasteiger partial charge in [0.1, 0.15) is 43.4 Å². The van der Waals surface area contributed by atoms with Gasteiger partial charge in [0, 0.05) is 5.56 Å². The highest BCUT2D eigenvalue weighted by molar-refractivity contribution is 6.01. The quantitative estimate of drug-likeness (QED) is 0.324. The molecular weight excluding hydrogens is 453 g/mol. The number of rotatable bonds is 11. The molecule has 0 aromatic heterocycles. The Morgan fingerprint density at radius 3 is 2.23 bits per heavy atom. The fourth-order valence-electron chi connectivity index (χ4n) is 3.16. The molecule has 1 atom stereocenters. The van der Waals surface area contributed by atoms with E-state index in [0.717, 1.165) is 5.56 Å². The minimum absolute atomic E-state index is 0.121. The summed E-state index contributed by atoms with van der Waals surface area (Å²) in [5, 5.41) is 13.2. The molecule has 180 valence electrons. The lowest BCUT2D eigenvalue weighted by Crippen LogP contribution is -2.13. The molecule has 3 aromatic rings. The lowest BCUT2D eigenvalue weighted by atomic mass is 9.97. The van der Waals surface area contributed by atoms with Gasteiger partial charge in [0.15, 0.2) is 0 Å².